The van der Waals surface area contributed by atoms with E-state index in [0.717, 1.165) is 11.2 Å². The molecule has 2 fully saturated rings. The third-order valence-corrected chi connectivity index (χ3v) is 5.47. The molecule has 0 aromatic carbocycles. The van der Waals surface area contributed by atoms with Crippen LogP contribution in [-0.2, 0) is 0 Å². The van der Waals surface area contributed by atoms with E-state index in [2.05, 4.69) is 17.1 Å². The molecule has 0 bridgehead atoms. The zero-order valence-corrected chi connectivity index (χ0v) is 11.4. The molecule has 2 saturated carbocycles. The number of hydrogen-bond acceptors (Lipinski definition) is 2. The number of thioether (sulfide) groups is 1. The van der Waals surface area contributed by atoms with Gasteiger partial charge in [0, 0.05) is 17.5 Å². The topological polar surface area (TPSA) is 12.0 Å². The molecule has 0 aliphatic heterocycles. The molecule has 1 N–H and O–H groups in total. The monoisotopic (exact) mass is 241 g/mol. The second-order valence-electron chi connectivity index (χ2n) is 5.49. The van der Waals surface area contributed by atoms with Crippen molar-refractivity contribution >= 4 is 11.8 Å². The smallest absolute Gasteiger partial charge is 0.00608 e. The van der Waals surface area contributed by atoms with Gasteiger partial charge in [-0.2, -0.15) is 11.8 Å². The Morgan fingerprint density at radius 1 is 0.875 bits per heavy atom. The van der Waals surface area contributed by atoms with Crippen LogP contribution in [0.2, 0.25) is 0 Å². The van der Waals surface area contributed by atoms with Crippen molar-refractivity contribution in [3.05, 3.63) is 0 Å². The number of nitrogens with one attached hydrogen (secondary N) is 1. The van der Waals surface area contributed by atoms with Crippen molar-refractivity contribution < 1.29 is 0 Å². The lowest BCUT2D eigenvalue weighted by Crippen LogP contribution is -2.24. The van der Waals surface area contributed by atoms with Crippen LogP contribution in [0.25, 0.3) is 0 Å². The van der Waals surface area contributed by atoms with E-state index in [1.807, 2.05) is 0 Å². The highest BCUT2D eigenvalue weighted by molar-refractivity contribution is 7.99. The van der Waals surface area contributed by atoms with E-state index < -0.39 is 0 Å². The molecule has 2 aliphatic carbocycles. The minimum Gasteiger partial charge on any atom is -0.316 e. The maximum absolute atomic E-state index is 3.65. The molecule has 0 saturated heterocycles. The number of hydrogen-bond donors (Lipinski definition) is 1. The van der Waals surface area contributed by atoms with Crippen molar-refractivity contribution in [1.82, 2.24) is 5.32 Å². The van der Waals surface area contributed by atoms with Gasteiger partial charge < -0.3 is 5.32 Å². The van der Waals surface area contributed by atoms with Gasteiger partial charge in [0.25, 0.3) is 0 Å². The first-order chi connectivity index (χ1) is 7.95. The van der Waals surface area contributed by atoms with Gasteiger partial charge in [0.15, 0.2) is 0 Å². The van der Waals surface area contributed by atoms with Crippen LogP contribution in [0.1, 0.15) is 57.8 Å². The summed E-state index contributed by atoms with van der Waals surface area (Å²) in [6.45, 7) is 2.52. The Morgan fingerprint density at radius 3 is 2.31 bits per heavy atom. The molecule has 0 atom stereocenters. The predicted octanol–water partition coefficient (Wildman–Crippen LogP) is 3.83. The SMILES string of the molecule is C1CCC(SCCNCC2CCCC2)CC1. The van der Waals surface area contributed by atoms with Gasteiger partial charge in [-0.05, 0) is 38.1 Å². The predicted molar refractivity (Wildman–Crippen MR) is 74.2 cm³/mol. The zero-order valence-electron chi connectivity index (χ0n) is 10.5. The lowest BCUT2D eigenvalue weighted by Gasteiger charge is -2.21. The van der Waals surface area contributed by atoms with E-state index in [-0.39, 0.29) is 0 Å². The van der Waals surface area contributed by atoms with E-state index >= 15 is 0 Å². The van der Waals surface area contributed by atoms with Gasteiger partial charge in [0.2, 0.25) is 0 Å². The van der Waals surface area contributed by atoms with Gasteiger partial charge >= 0.3 is 0 Å². The molecule has 0 radical (unpaired) electrons. The molecule has 2 aliphatic rings. The summed E-state index contributed by atoms with van der Waals surface area (Å²) in [6.07, 6.45) is 13.3. The maximum atomic E-state index is 3.65. The van der Waals surface area contributed by atoms with Gasteiger partial charge in [-0.15, -0.1) is 0 Å². The molecule has 0 heterocycles. The molecule has 16 heavy (non-hydrogen) atoms. The highest BCUT2D eigenvalue weighted by Gasteiger charge is 2.15. The summed E-state index contributed by atoms with van der Waals surface area (Å²) in [6, 6.07) is 0. The van der Waals surface area contributed by atoms with Crippen LogP contribution < -0.4 is 5.32 Å². The quantitative estimate of drug-likeness (QED) is 0.709. The minimum atomic E-state index is 0.988. The third kappa shape index (κ3) is 4.67. The number of rotatable bonds is 6. The fourth-order valence-electron chi connectivity index (χ4n) is 3.05. The first kappa shape index (κ1) is 12.8. The Hall–Kier alpha value is 0.310. The fraction of sp³-hybridized carbons (Fsp3) is 1.00. The third-order valence-electron chi connectivity index (χ3n) is 4.09. The Bertz CT molecular complexity index is 172. The lowest BCUT2D eigenvalue weighted by molar-refractivity contribution is 0.498. The largest absolute Gasteiger partial charge is 0.316 e. The van der Waals surface area contributed by atoms with Crippen LogP contribution in [0.15, 0.2) is 0 Å². The van der Waals surface area contributed by atoms with Crippen molar-refractivity contribution in [2.45, 2.75) is 63.0 Å². The van der Waals surface area contributed by atoms with Crippen LogP contribution >= 0.6 is 11.8 Å². The summed E-state index contributed by atoms with van der Waals surface area (Å²) < 4.78 is 0. The van der Waals surface area contributed by atoms with Crippen LogP contribution in [-0.4, -0.2) is 24.1 Å². The van der Waals surface area contributed by atoms with Gasteiger partial charge in [-0.3, -0.25) is 0 Å². The summed E-state index contributed by atoms with van der Waals surface area (Å²) in [7, 11) is 0. The van der Waals surface area contributed by atoms with Gasteiger partial charge in [0.05, 0.1) is 0 Å². The van der Waals surface area contributed by atoms with Gasteiger partial charge in [-0.25, -0.2) is 0 Å². The van der Waals surface area contributed by atoms with E-state index in [9.17, 15) is 0 Å². The Kier molecular flexibility index (Phi) is 6.06. The first-order valence-electron chi connectivity index (χ1n) is 7.27. The molecule has 0 spiro atoms. The summed E-state index contributed by atoms with van der Waals surface area (Å²) in [5.41, 5.74) is 0. The summed E-state index contributed by atoms with van der Waals surface area (Å²) in [5.74, 6) is 2.33. The first-order valence-corrected chi connectivity index (χ1v) is 8.32. The van der Waals surface area contributed by atoms with Gasteiger partial charge in [-0.1, -0.05) is 32.1 Å². The molecule has 0 amide bonds. The van der Waals surface area contributed by atoms with Gasteiger partial charge in [0.1, 0.15) is 0 Å². The Labute approximate surface area is 105 Å². The molecular weight excluding hydrogens is 214 g/mol. The van der Waals surface area contributed by atoms with Crippen LogP contribution in [0.5, 0.6) is 0 Å². The standard InChI is InChI=1S/C14H27NS/c1-2-8-14(9-3-1)16-11-10-15-12-13-6-4-5-7-13/h13-15H,1-12H2. The van der Waals surface area contributed by atoms with E-state index in [1.54, 1.807) is 0 Å². The van der Waals surface area contributed by atoms with E-state index in [1.165, 1.54) is 76.6 Å². The Balaban J connectivity index is 1.42. The highest BCUT2D eigenvalue weighted by atomic mass is 32.2. The fourth-order valence-corrected chi connectivity index (χ4v) is 4.31. The molecule has 1 nitrogen and oxygen atoms in total. The van der Waals surface area contributed by atoms with Crippen molar-refractivity contribution in [3.63, 3.8) is 0 Å². The molecular formula is C14H27NS. The van der Waals surface area contributed by atoms with Crippen molar-refractivity contribution in [2.75, 3.05) is 18.8 Å². The van der Waals surface area contributed by atoms with Crippen LogP contribution in [0, 0.1) is 5.92 Å². The second kappa shape index (κ2) is 7.60. The second-order valence-corrected chi connectivity index (χ2v) is 6.89. The van der Waals surface area contributed by atoms with Crippen LogP contribution in [0.4, 0.5) is 0 Å². The molecule has 0 unspecified atom stereocenters. The average Bonchev–Trinajstić information content (AvgIpc) is 2.83. The lowest BCUT2D eigenvalue weighted by atomic mass is 10.0. The van der Waals surface area contributed by atoms with Crippen LogP contribution in [0.3, 0.4) is 0 Å². The summed E-state index contributed by atoms with van der Waals surface area (Å²) >= 11 is 2.22. The highest BCUT2D eigenvalue weighted by Crippen LogP contribution is 2.28. The molecule has 2 rings (SSSR count). The zero-order chi connectivity index (χ0) is 11.1. The maximum Gasteiger partial charge on any atom is 0.00608 e. The van der Waals surface area contributed by atoms with Crippen molar-refractivity contribution in [1.29, 1.82) is 0 Å². The van der Waals surface area contributed by atoms with Crippen molar-refractivity contribution in [2.24, 2.45) is 5.92 Å². The average molecular weight is 241 g/mol. The summed E-state index contributed by atoms with van der Waals surface area (Å²) in [5, 5.41) is 4.63. The van der Waals surface area contributed by atoms with E-state index in [0.29, 0.717) is 0 Å². The van der Waals surface area contributed by atoms with Crippen molar-refractivity contribution in [3.8, 4) is 0 Å². The summed E-state index contributed by atoms with van der Waals surface area (Å²) in [4.78, 5) is 0. The molecule has 94 valence electrons. The molecule has 0 aromatic heterocycles. The molecule has 0 aromatic rings. The van der Waals surface area contributed by atoms with E-state index in [4.69, 9.17) is 0 Å². The normalized spacial score (nSPS) is 24.0. The minimum absolute atomic E-state index is 0.988. The molecule has 2 heteroatoms. The Morgan fingerprint density at radius 2 is 1.56 bits per heavy atom.